The summed E-state index contributed by atoms with van der Waals surface area (Å²) in [4.78, 5) is 30.5. The molecule has 0 aliphatic carbocycles. The summed E-state index contributed by atoms with van der Waals surface area (Å²) >= 11 is 1.53. The number of nitrogens with one attached hydrogen (secondary N) is 1. The molecule has 3 aromatic rings. The minimum atomic E-state index is -1.08. The molecule has 30 heavy (non-hydrogen) atoms. The standard InChI is InChI=1S/C22H23N3O4S/c1-14-19(20(26)25-22(21(23)27)7-10-28-11-8-22)17-12-16(5-6-18(17)30-14)29-13-15-4-2-3-9-24-15/h2-6,9,12H,7-8,10-11,13H2,1H3,(H2,23,27)(H,25,26). The molecule has 0 atom stereocenters. The molecule has 0 radical (unpaired) electrons. The Hall–Kier alpha value is -2.97. The number of aryl methyl sites for hydroxylation is 1. The van der Waals surface area contributed by atoms with Gasteiger partial charge < -0.3 is 20.5 Å². The Labute approximate surface area is 178 Å². The number of carbonyl (C=O) groups is 2. The number of fused-ring (bicyclic) bond motifs is 1. The lowest BCUT2D eigenvalue weighted by molar-refractivity contribution is -0.127. The average molecular weight is 426 g/mol. The van der Waals surface area contributed by atoms with Gasteiger partial charge in [-0.15, -0.1) is 11.3 Å². The highest BCUT2D eigenvalue weighted by molar-refractivity contribution is 7.19. The van der Waals surface area contributed by atoms with Gasteiger partial charge in [0.25, 0.3) is 5.91 Å². The predicted octanol–water partition coefficient (Wildman–Crippen LogP) is 2.95. The summed E-state index contributed by atoms with van der Waals surface area (Å²) in [6, 6.07) is 11.3. The van der Waals surface area contributed by atoms with Crippen molar-refractivity contribution in [2.45, 2.75) is 31.9 Å². The van der Waals surface area contributed by atoms with Gasteiger partial charge in [-0.05, 0) is 37.3 Å². The van der Waals surface area contributed by atoms with E-state index < -0.39 is 11.4 Å². The van der Waals surface area contributed by atoms with E-state index in [0.29, 0.717) is 44.0 Å². The minimum absolute atomic E-state index is 0.304. The van der Waals surface area contributed by atoms with E-state index in [2.05, 4.69) is 10.3 Å². The number of carbonyl (C=O) groups excluding carboxylic acids is 2. The zero-order valence-electron chi connectivity index (χ0n) is 16.6. The number of pyridine rings is 1. The van der Waals surface area contributed by atoms with Crippen molar-refractivity contribution in [3.8, 4) is 5.75 Å². The molecule has 0 spiro atoms. The van der Waals surface area contributed by atoms with Crippen molar-refractivity contribution in [3.05, 3.63) is 58.7 Å². The topological polar surface area (TPSA) is 104 Å². The quantitative estimate of drug-likeness (QED) is 0.632. The molecule has 0 unspecified atom stereocenters. The lowest BCUT2D eigenvalue weighted by atomic mass is 9.88. The highest BCUT2D eigenvalue weighted by Crippen LogP contribution is 2.34. The summed E-state index contributed by atoms with van der Waals surface area (Å²) < 4.78 is 12.2. The van der Waals surface area contributed by atoms with Crippen LogP contribution in [0.3, 0.4) is 0 Å². The normalized spacial score (nSPS) is 15.6. The van der Waals surface area contributed by atoms with Gasteiger partial charge in [0.15, 0.2) is 0 Å². The molecule has 1 aromatic carbocycles. The zero-order valence-corrected chi connectivity index (χ0v) is 17.5. The van der Waals surface area contributed by atoms with Crippen LogP contribution in [0.1, 0.15) is 33.8 Å². The van der Waals surface area contributed by atoms with Crippen molar-refractivity contribution in [2.24, 2.45) is 5.73 Å². The molecule has 3 heterocycles. The number of ether oxygens (including phenoxy) is 2. The summed E-state index contributed by atoms with van der Waals surface area (Å²) in [6.07, 6.45) is 2.46. The van der Waals surface area contributed by atoms with Gasteiger partial charge in [-0.1, -0.05) is 6.07 Å². The molecule has 4 rings (SSSR count). The van der Waals surface area contributed by atoms with E-state index in [9.17, 15) is 9.59 Å². The van der Waals surface area contributed by atoms with Gasteiger partial charge in [-0.2, -0.15) is 0 Å². The molecule has 1 fully saturated rings. The molecule has 2 amide bonds. The maximum atomic E-state index is 13.2. The monoisotopic (exact) mass is 425 g/mol. The Balaban J connectivity index is 1.60. The van der Waals surface area contributed by atoms with E-state index in [4.69, 9.17) is 15.2 Å². The smallest absolute Gasteiger partial charge is 0.253 e. The number of benzene rings is 1. The van der Waals surface area contributed by atoms with E-state index in [0.717, 1.165) is 20.7 Å². The summed E-state index contributed by atoms with van der Waals surface area (Å²) in [5.74, 6) is -0.187. The molecule has 7 nitrogen and oxygen atoms in total. The fourth-order valence-corrected chi connectivity index (χ4v) is 4.69. The van der Waals surface area contributed by atoms with E-state index in [1.165, 1.54) is 11.3 Å². The molecule has 0 bridgehead atoms. The molecular weight excluding hydrogens is 402 g/mol. The van der Waals surface area contributed by atoms with E-state index >= 15 is 0 Å². The highest BCUT2D eigenvalue weighted by atomic mass is 32.1. The van der Waals surface area contributed by atoms with Gasteiger partial charge in [0.05, 0.1) is 11.3 Å². The van der Waals surface area contributed by atoms with Crippen LogP contribution in [0, 0.1) is 6.92 Å². The van der Waals surface area contributed by atoms with Crippen LogP contribution < -0.4 is 15.8 Å². The van der Waals surface area contributed by atoms with E-state index in [-0.39, 0.29) is 5.91 Å². The highest BCUT2D eigenvalue weighted by Gasteiger charge is 2.40. The third-order valence-corrected chi connectivity index (χ3v) is 6.43. The summed E-state index contributed by atoms with van der Waals surface area (Å²) in [5.41, 5.74) is 5.93. The largest absolute Gasteiger partial charge is 0.487 e. The molecular formula is C22H23N3O4S. The van der Waals surface area contributed by atoms with Crippen molar-refractivity contribution < 1.29 is 19.1 Å². The fraction of sp³-hybridized carbons (Fsp3) is 0.318. The Morgan fingerprint density at radius 2 is 2.07 bits per heavy atom. The van der Waals surface area contributed by atoms with Crippen LogP contribution in [0.5, 0.6) is 5.75 Å². The summed E-state index contributed by atoms with van der Waals surface area (Å²) in [5, 5.41) is 3.70. The van der Waals surface area contributed by atoms with Crippen LogP contribution in [0.4, 0.5) is 0 Å². The average Bonchev–Trinajstić information content (AvgIpc) is 3.08. The molecule has 156 valence electrons. The maximum Gasteiger partial charge on any atom is 0.253 e. The van der Waals surface area contributed by atoms with Gasteiger partial charge >= 0.3 is 0 Å². The Morgan fingerprint density at radius 1 is 1.27 bits per heavy atom. The van der Waals surface area contributed by atoms with Gasteiger partial charge in [-0.25, -0.2) is 0 Å². The number of hydrogen-bond donors (Lipinski definition) is 2. The van der Waals surface area contributed by atoms with Crippen LogP contribution in [-0.4, -0.2) is 35.6 Å². The Morgan fingerprint density at radius 3 is 2.77 bits per heavy atom. The maximum absolute atomic E-state index is 13.2. The number of aromatic nitrogens is 1. The van der Waals surface area contributed by atoms with Crippen LogP contribution in [0.25, 0.3) is 10.1 Å². The lowest BCUT2D eigenvalue weighted by Crippen LogP contribution is -2.60. The van der Waals surface area contributed by atoms with Crippen LogP contribution in [0.2, 0.25) is 0 Å². The molecule has 1 aliphatic rings. The molecule has 1 saturated heterocycles. The first-order valence-electron chi connectivity index (χ1n) is 9.74. The second kappa shape index (κ2) is 8.41. The van der Waals surface area contributed by atoms with Crippen LogP contribution in [-0.2, 0) is 16.1 Å². The Kier molecular flexibility index (Phi) is 5.69. The van der Waals surface area contributed by atoms with Crippen LogP contribution >= 0.6 is 11.3 Å². The second-order valence-electron chi connectivity index (χ2n) is 7.31. The predicted molar refractivity (Wildman–Crippen MR) is 115 cm³/mol. The zero-order chi connectivity index (χ0) is 21.1. The van der Waals surface area contributed by atoms with Crippen molar-refractivity contribution in [3.63, 3.8) is 0 Å². The van der Waals surface area contributed by atoms with Gasteiger partial charge in [0, 0.05) is 47.2 Å². The van der Waals surface area contributed by atoms with Crippen molar-refractivity contribution in [1.82, 2.24) is 10.3 Å². The summed E-state index contributed by atoms with van der Waals surface area (Å²) in [7, 11) is 0. The number of nitrogens with two attached hydrogens (primary N) is 1. The first-order chi connectivity index (χ1) is 14.5. The third kappa shape index (κ3) is 4.01. The molecule has 3 N–H and O–H groups in total. The third-order valence-electron chi connectivity index (χ3n) is 5.35. The molecule has 2 aromatic heterocycles. The lowest BCUT2D eigenvalue weighted by Gasteiger charge is -2.35. The fourth-order valence-electron chi connectivity index (χ4n) is 3.64. The minimum Gasteiger partial charge on any atom is -0.487 e. The van der Waals surface area contributed by atoms with Crippen LogP contribution in [0.15, 0.2) is 42.6 Å². The number of rotatable bonds is 6. The number of nitrogens with zero attached hydrogens (tertiary/aromatic N) is 1. The molecule has 8 heteroatoms. The van der Waals surface area contributed by atoms with Crippen molar-refractivity contribution in [2.75, 3.05) is 13.2 Å². The van der Waals surface area contributed by atoms with Gasteiger partial charge in [0.2, 0.25) is 5.91 Å². The number of primary amides is 1. The number of amides is 2. The molecule has 1 aliphatic heterocycles. The SMILES string of the molecule is Cc1sc2ccc(OCc3ccccn3)cc2c1C(=O)NC1(C(N)=O)CCOCC1. The summed E-state index contributed by atoms with van der Waals surface area (Å²) in [6.45, 7) is 3.01. The van der Waals surface area contributed by atoms with Gasteiger partial charge in [0.1, 0.15) is 17.9 Å². The number of hydrogen-bond acceptors (Lipinski definition) is 6. The van der Waals surface area contributed by atoms with Gasteiger partial charge in [-0.3, -0.25) is 14.6 Å². The molecule has 0 saturated carbocycles. The van der Waals surface area contributed by atoms with Crippen molar-refractivity contribution in [1.29, 1.82) is 0 Å². The van der Waals surface area contributed by atoms with Crippen molar-refractivity contribution >= 4 is 33.2 Å². The number of thiophene rings is 1. The van der Waals surface area contributed by atoms with E-state index in [1.807, 2.05) is 43.3 Å². The second-order valence-corrected chi connectivity index (χ2v) is 8.57. The Bertz CT molecular complexity index is 1070. The van der Waals surface area contributed by atoms with E-state index in [1.54, 1.807) is 6.20 Å². The first-order valence-corrected chi connectivity index (χ1v) is 10.6. The first kappa shape index (κ1) is 20.3.